The van der Waals surface area contributed by atoms with Crippen LogP contribution in [0.1, 0.15) is 30.3 Å². The van der Waals surface area contributed by atoms with E-state index < -0.39 is 0 Å². The average Bonchev–Trinajstić information content (AvgIpc) is 2.94. The molecule has 0 radical (unpaired) electrons. The number of nitrogens with two attached hydrogens (primary N) is 1. The molecule has 4 heteroatoms. The third-order valence-electron chi connectivity index (χ3n) is 3.23. The van der Waals surface area contributed by atoms with Gasteiger partial charge in [0.2, 0.25) is 0 Å². The highest BCUT2D eigenvalue weighted by Crippen LogP contribution is 2.25. The van der Waals surface area contributed by atoms with Crippen molar-refractivity contribution in [3.05, 3.63) is 52.2 Å². The highest BCUT2D eigenvalue weighted by Gasteiger charge is 2.10. The number of hydrogen-bond donors (Lipinski definition) is 1. The molecule has 19 heavy (non-hydrogen) atoms. The van der Waals surface area contributed by atoms with Gasteiger partial charge in [0.25, 0.3) is 0 Å². The molecule has 1 heterocycles. The van der Waals surface area contributed by atoms with Gasteiger partial charge in [-0.05, 0) is 43.0 Å². The summed E-state index contributed by atoms with van der Waals surface area (Å²) in [6.07, 6.45) is 0. The van der Waals surface area contributed by atoms with Crippen LogP contribution in [0.25, 0.3) is 0 Å². The normalized spacial score (nSPS) is 11.7. The van der Waals surface area contributed by atoms with E-state index in [1.54, 1.807) is 11.3 Å². The van der Waals surface area contributed by atoms with Gasteiger partial charge in [0.05, 0.1) is 6.04 Å². The SMILES string of the molecule is CCN(CC)c1ccc([C@@H](N)c2cccs2)cc1.Cl. The van der Waals surface area contributed by atoms with Crippen LogP contribution in [0.4, 0.5) is 5.69 Å². The third kappa shape index (κ3) is 3.72. The largest absolute Gasteiger partial charge is 0.372 e. The second-order valence-electron chi connectivity index (χ2n) is 4.26. The Balaban J connectivity index is 0.00000180. The van der Waals surface area contributed by atoms with E-state index in [0.29, 0.717) is 0 Å². The van der Waals surface area contributed by atoms with E-state index in [9.17, 15) is 0 Å². The molecule has 0 aliphatic rings. The van der Waals surface area contributed by atoms with Crippen molar-refractivity contribution >= 4 is 29.4 Å². The molecule has 0 saturated carbocycles. The van der Waals surface area contributed by atoms with Crippen molar-refractivity contribution in [2.45, 2.75) is 19.9 Å². The first-order chi connectivity index (χ1) is 8.76. The van der Waals surface area contributed by atoms with Crippen LogP contribution < -0.4 is 10.6 Å². The monoisotopic (exact) mass is 296 g/mol. The summed E-state index contributed by atoms with van der Waals surface area (Å²) in [5.41, 5.74) is 8.69. The van der Waals surface area contributed by atoms with Gasteiger partial charge in [0.15, 0.2) is 0 Å². The fourth-order valence-corrected chi connectivity index (χ4v) is 2.87. The minimum Gasteiger partial charge on any atom is -0.372 e. The summed E-state index contributed by atoms with van der Waals surface area (Å²) in [7, 11) is 0. The summed E-state index contributed by atoms with van der Waals surface area (Å²) in [6, 6.07) is 12.7. The molecule has 0 spiro atoms. The third-order valence-corrected chi connectivity index (χ3v) is 4.19. The molecule has 1 aromatic heterocycles. The second kappa shape index (κ2) is 7.53. The number of anilines is 1. The molecule has 1 aromatic carbocycles. The summed E-state index contributed by atoms with van der Waals surface area (Å²) < 4.78 is 0. The van der Waals surface area contributed by atoms with Gasteiger partial charge in [-0.1, -0.05) is 18.2 Å². The van der Waals surface area contributed by atoms with Crippen LogP contribution in [0, 0.1) is 0 Å². The van der Waals surface area contributed by atoms with Crippen molar-refractivity contribution in [3.8, 4) is 0 Å². The minimum absolute atomic E-state index is 0. The van der Waals surface area contributed by atoms with E-state index in [2.05, 4.69) is 54.5 Å². The Bertz CT molecular complexity index is 463. The Morgan fingerprint density at radius 3 is 2.21 bits per heavy atom. The van der Waals surface area contributed by atoms with Crippen molar-refractivity contribution < 1.29 is 0 Å². The molecule has 0 bridgehead atoms. The Morgan fingerprint density at radius 1 is 1.11 bits per heavy atom. The highest BCUT2D eigenvalue weighted by molar-refractivity contribution is 7.10. The van der Waals surface area contributed by atoms with Gasteiger partial charge in [-0.15, -0.1) is 23.7 Å². The van der Waals surface area contributed by atoms with Gasteiger partial charge in [0, 0.05) is 23.7 Å². The molecular formula is C15H21ClN2S. The molecule has 0 fully saturated rings. The average molecular weight is 297 g/mol. The standard InChI is InChI=1S/C15H20N2S.ClH/c1-3-17(4-2)13-9-7-12(8-10-13)15(16)14-6-5-11-18-14;/h5-11,15H,3-4,16H2,1-2H3;1H/t15-;/m1./s1. The number of thiophene rings is 1. The molecule has 0 aliphatic heterocycles. The molecule has 2 rings (SSSR count). The summed E-state index contributed by atoms with van der Waals surface area (Å²) in [6.45, 7) is 6.42. The quantitative estimate of drug-likeness (QED) is 0.901. The van der Waals surface area contributed by atoms with Crippen LogP contribution in [0.2, 0.25) is 0 Å². The Kier molecular flexibility index (Phi) is 6.35. The highest BCUT2D eigenvalue weighted by atomic mass is 35.5. The fraction of sp³-hybridized carbons (Fsp3) is 0.333. The fourth-order valence-electron chi connectivity index (χ4n) is 2.11. The maximum atomic E-state index is 6.25. The van der Waals surface area contributed by atoms with Crippen LogP contribution >= 0.6 is 23.7 Å². The van der Waals surface area contributed by atoms with Gasteiger partial charge in [0.1, 0.15) is 0 Å². The maximum Gasteiger partial charge on any atom is 0.0646 e. The Labute approximate surface area is 125 Å². The van der Waals surface area contributed by atoms with Crippen LogP contribution in [0.3, 0.4) is 0 Å². The summed E-state index contributed by atoms with van der Waals surface area (Å²) in [5, 5.41) is 2.07. The second-order valence-corrected chi connectivity index (χ2v) is 5.24. The number of nitrogens with zero attached hydrogens (tertiary/aromatic N) is 1. The molecule has 0 aliphatic carbocycles. The maximum absolute atomic E-state index is 6.25. The Hall–Kier alpha value is -1.03. The molecule has 0 saturated heterocycles. The van der Waals surface area contributed by atoms with Crippen molar-refractivity contribution in [1.29, 1.82) is 0 Å². The summed E-state index contributed by atoms with van der Waals surface area (Å²) >= 11 is 1.71. The lowest BCUT2D eigenvalue weighted by atomic mass is 10.1. The van der Waals surface area contributed by atoms with E-state index in [1.165, 1.54) is 16.1 Å². The molecule has 0 unspecified atom stereocenters. The van der Waals surface area contributed by atoms with Crippen molar-refractivity contribution in [2.75, 3.05) is 18.0 Å². The topological polar surface area (TPSA) is 29.3 Å². The zero-order chi connectivity index (χ0) is 13.0. The first kappa shape index (κ1) is 16.0. The van der Waals surface area contributed by atoms with Gasteiger partial charge >= 0.3 is 0 Å². The van der Waals surface area contributed by atoms with Crippen molar-refractivity contribution in [2.24, 2.45) is 5.73 Å². The number of hydrogen-bond acceptors (Lipinski definition) is 3. The first-order valence-electron chi connectivity index (χ1n) is 6.40. The molecule has 2 aromatic rings. The lowest BCUT2D eigenvalue weighted by molar-refractivity contribution is 0.860. The van der Waals surface area contributed by atoms with Gasteiger partial charge in [-0.2, -0.15) is 0 Å². The van der Waals surface area contributed by atoms with Crippen molar-refractivity contribution in [1.82, 2.24) is 0 Å². The van der Waals surface area contributed by atoms with E-state index in [4.69, 9.17) is 5.73 Å². The predicted molar refractivity (Wildman–Crippen MR) is 87.6 cm³/mol. The number of benzene rings is 1. The minimum atomic E-state index is -0.00393. The van der Waals surface area contributed by atoms with Crippen LogP contribution in [-0.2, 0) is 0 Å². The van der Waals surface area contributed by atoms with Gasteiger partial charge in [-0.25, -0.2) is 0 Å². The lowest BCUT2D eigenvalue weighted by Gasteiger charge is -2.21. The lowest BCUT2D eigenvalue weighted by Crippen LogP contribution is -2.21. The van der Waals surface area contributed by atoms with Gasteiger partial charge in [-0.3, -0.25) is 0 Å². The number of rotatable bonds is 5. The van der Waals surface area contributed by atoms with Gasteiger partial charge < -0.3 is 10.6 Å². The first-order valence-corrected chi connectivity index (χ1v) is 7.28. The van der Waals surface area contributed by atoms with E-state index in [-0.39, 0.29) is 18.4 Å². The van der Waals surface area contributed by atoms with E-state index in [1.807, 2.05) is 6.07 Å². The summed E-state index contributed by atoms with van der Waals surface area (Å²) in [4.78, 5) is 3.55. The molecule has 2 nitrogen and oxygen atoms in total. The zero-order valence-corrected chi connectivity index (χ0v) is 13.0. The van der Waals surface area contributed by atoms with E-state index in [0.717, 1.165) is 13.1 Å². The van der Waals surface area contributed by atoms with E-state index >= 15 is 0 Å². The molecule has 1 atom stereocenters. The molecule has 104 valence electrons. The number of halogens is 1. The predicted octanol–water partition coefficient (Wildman–Crippen LogP) is 4.06. The van der Waals surface area contributed by atoms with Crippen LogP contribution in [0.5, 0.6) is 0 Å². The van der Waals surface area contributed by atoms with Crippen LogP contribution in [-0.4, -0.2) is 13.1 Å². The molecular weight excluding hydrogens is 276 g/mol. The zero-order valence-electron chi connectivity index (χ0n) is 11.4. The van der Waals surface area contributed by atoms with Crippen molar-refractivity contribution in [3.63, 3.8) is 0 Å². The molecule has 0 amide bonds. The smallest absolute Gasteiger partial charge is 0.0646 e. The summed E-state index contributed by atoms with van der Waals surface area (Å²) in [5.74, 6) is 0. The van der Waals surface area contributed by atoms with Crippen LogP contribution in [0.15, 0.2) is 41.8 Å². The Morgan fingerprint density at radius 2 is 1.74 bits per heavy atom. The molecule has 2 N–H and O–H groups in total.